The third kappa shape index (κ3) is 9.75. The molecule has 0 bridgehead atoms. The lowest BCUT2D eigenvalue weighted by Gasteiger charge is -2.07. The van der Waals surface area contributed by atoms with Crippen molar-refractivity contribution < 1.29 is 19.1 Å². The summed E-state index contributed by atoms with van der Waals surface area (Å²) in [4.78, 5) is 34.3. The predicted molar refractivity (Wildman–Crippen MR) is 95.1 cm³/mol. The third-order valence-corrected chi connectivity index (χ3v) is 3.04. The number of anilines is 1. The van der Waals surface area contributed by atoms with Crippen molar-refractivity contribution in [2.75, 3.05) is 25.1 Å². The summed E-state index contributed by atoms with van der Waals surface area (Å²) in [6.45, 7) is 3.36. The van der Waals surface area contributed by atoms with Gasteiger partial charge in [-0.15, -0.1) is 0 Å². The molecule has 0 aliphatic heterocycles. The zero-order valence-electron chi connectivity index (χ0n) is 14.5. The Hall–Kier alpha value is -2.90. The molecule has 0 unspecified atom stereocenters. The van der Waals surface area contributed by atoms with Crippen LogP contribution in [-0.2, 0) is 19.1 Å². The molecule has 0 atom stereocenters. The van der Waals surface area contributed by atoms with Crippen molar-refractivity contribution in [2.45, 2.75) is 26.7 Å². The molecule has 136 valence electrons. The number of ether oxygens (including phenoxy) is 1. The largest absolute Gasteiger partial charge is 0.465 e. The molecule has 0 aliphatic rings. The molecule has 1 rings (SSSR count). The van der Waals surface area contributed by atoms with Gasteiger partial charge in [0, 0.05) is 12.1 Å². The smallest absolute Gasteiger partial charge is 0.325 e. The fourth-order valence-corrected chi connectivity index (χ4v) is 1.74. The summed E-state index contributed by atoms with van der Waals surface area (Å²) in [5.74, 6) is -1.22. The molecule has 0 aromatic heterocycles. The highest BCUT2D eigenvalue weighted by molar-refractivity contribution is 5.90. The number of esters is 1. The second-order valence-corrected chi connectivity index (χ2v) is 5.18. The number of amides is 2. The summed E-state index contributed by atoms with van der Waals surface area (Å²) in [5, 5.41) is 9.04. The first-order valence-electron chi connectivity index (χ1n) is 8.04. The summed E-state index contributed by atoms with van der Waals surface area (Å²) in [6.07, 6.45) is 0.688. The van der Waals surface area contributed by atoms with Gasteiger partial charge in [0.25, 0.3) is 0 Å². The quantitative estimate of drug-likeness (QED) is 0.333. The third-order valence-electron chi connectivity index (χ3n) is 3.04. The molecule has 0 fully saturated rings. The van der Waals surface area contributed by atoms with E-state index >= 15 is 0 Å². The lowest BCUT2D eigenvalue weighted by atomic mass is 10.2. The van der Waals surface area contributed by atoms with Gasteiger partial charge in [0.05, 0.1) is 18.8 Å². The van der Waals surface area contributed by atoms with Crippen LogP contribution in [0.3, 0.4) is 0 Å². The fourth-order valence-electron chi connectivity index (χ4n) is 1.74. The van der Waals surface area contributed by atoms with Crippen LogP contribution in [0.1, 0.15) is 26.7 Å². The van der Waals surface area contributed by atoms with E-state index in [-0.39, 0.29) is 32.0 Å². The van der Waals surface area contributed by atoms with Crippen molar-refractivity contribution in [3.8, 4) is 0 Å². The zero-order chi connectivity index (χ0) is 18.5. The lowest BCUT2D eigenvalue weighted by Crippen LogP contribution is -2.39. The van der Waals surface area contributed by atoms with Gasteiger partial charge in [0.15, 0.2) is 0 Å². The van der Waals surface area contributed by atoms with Gasteiger partial charge in [-0.25, -0.2) is 0 Å². The Morgan fingerprint density at radius 3 is 2.36 bits per heavy atom. The number of hydrogen-bond donors (Lipinski definition) is 3. The predicted octanol–water partition coefficient (Wildman–Crippen LogP) is 1.05. The van der Waals surface area contributed by atoms with Gasteiger partial charge in [0.1, 0.15) is 6.54 Å². The molecule has 0 aliphatic carbocycles. The average molecular weight is 348 g/mol. The van der Waals surface area contributed by atoms with Crippen LogP contribution in [0.15, 0.2) is 35.4 Å². The summed E-state index contributed by atoms with van der Waals surface area (Å²) in [7, 11) is 0. The Morgan fingerprint density at radius 2 is 1.68 bits per heavy atom. The number of hydrogen-bond acceptors (Lipinski definition) is 6. The Morgan fingerprint density at radius 1 is 1.00 bits per heavy atom. The SMILES string of the molecule is CCOC(=O)CNC(=O)CNC(=O)CCC(C)=NNc1ccccc1. The van der Waals surface area contributed by atoms with Gasteiger partial charge in [-0.05, 0) is 32.4 Å². The van der Waals surface area contributed by atoms with Crippen LogP contribution in [0.25, 0.3) is 0 Å². The van der Waals surface area contributed by atoms with E-state index in [0.717, 1.165) is 11.4 Å². The Bertz CT molecular complexity index is 602. The van der Waals surface area contributed by atoms with Gasteiger partial charge in [-0.1, -0.05) is 18.2 Å². The number of carbonyl (C=O) groups excluding carboxylic acids is 3. The van der Waals surface area contributed by atoms with Crippen molar-refractivity contribution in [2.24, 2.45) is 5.10 Å². The minimum atomic E-state index is -0.514. The van der Waals surface area contributed by atoms with Crippen LogP contribution in [0, 0.1) is 0 Å². The van der Waals surface area contributed by atoms with Gasteiger partial charge in [0.2, 0.25) is 11.8 Å². The maximum absolute atomic E-state index is 11.7. The van der Waals surface area contributed by atoms with Crippen molar-refractivity contribution in [1.29, 1.82) is 0 Å². The molecule has 0 saturated carbocycles. The molecular formula is C17H24N4O4. The molecule has 25 heavy (non-hydrogen) atoms. The second-order valence-electron chi connectivity index (χ2n) is 5.18. The van der Waals surface area contributed by atoms with Crippen LogP contribution in [0.2, 0.25) is 0 Å². The number of para-hydroxylation sites is 1. The maximum atomic E-state index is 11.7. The fraction of sp³-hybridized carbons (Fsp3) is 0.412. The van der Waals surface area contributed by atoms with E-state index in [1.165, 1.54) is 0 Å². The molecular weight excluding hydrogens is 324 g/mol. The van der Waals surface area contributed by atoms with Gasteiger partial charge >= 0.3 is 5.97 Å². The molecule has 3 N–H and O–H groups in total. The topological polar surface area (TPSA) is 109 Å². The maximum Gasteiger partial charge on any atom is 0.325 e. The number of nitrogens with one attached hydrogen (secondary N) is 3. The summed E-state index contributed by atoms with van der Waals surface area (Å²) in [6, 6.07) is 9.48. The summed E-state index contributed by atoms with van der Waals surface area (Å²) >= 11 is 0. The van der Waals surface area contributed by atoms with Crippen LogP contribution in [0.5, 0.6) is 0 Å². The van der Waals surface area contributed by atoms with Gasteiger partial charge in [-0.2, -0.15) is 5.10 Å². The van der Waals surface area contributed by atoms with E-state index < -0.39 is 11.9 Å². The van der Waals surface area contributed by atoms with Crippen molar-refractivity contribution in [1.82, 2.24) is 10.6 Å². The molecule has 8 heteroatoms. The molecule has 1 aromatic carbocycles. The number of rotatable bonds is 10. The number of benzene rings is 1. The first-order chi connectivity index (χ1) is 12.0. The molecule has 1 aromatic rings. The highest BCUT2D eigenvalue weighted by Crippen LogP contribution is 2.05. The monoisotopic (exact) mass is 348 g/mol. The van der Waals surface area contributed by atoms with E-state index in [1.807, 2.05) is 37.3 Å². The van der Waals surface area contributed by atoms with E-state index in [9.17, 15) is 14.4 Å². The van der Waals surface area contributed by atoms with E-state index in [2.05, 4.69) is 25.9 Å². The van der Waals surface area contributed by atoms with Crippen LogP contribution < -0.4 is 16.1 Å². The van der Waals surface area contributed by atoms with Crippen LogP contribution in [-0.4, -0.2) is 43.2 Å². The highest BCUT2D eigenvalue weighted by Gasteiger charge is 2.08. The summed E-state index contributed by atoms with van der Waals surface area (Å²) < 4.78 is 4.68. The molecule has 0 spiro atoms. The van der Waals surface area contributed by atoms with Crippen LogP contribution in [0.4, 0.5) is 5.69 Å². The van der Waals surface area contributed by atoms with Crippen molar-refractivity contribution >= 4 is 29.2 Å². The zero-order valence-corrected chi connectivity index (χ0v) is 14.5. The minimum absolute atomic E-state index is 0.184. The number of nitrogens with zero attached hydrogens (tertiary/aromatic N) is 1. The first kappa shape index (κ1) is 20.1. The molecule has 0 saturated heterocycles. The van der Waals surface area contributed by atoms with E-state index in [1.54, 1.807) is 6.92 Å². The van der Waals surface area contributed by atoms with E-state index in [0.29, 0.717) is 6.42 Å². The molecule has 0 radical (unpaired) electrons. The standard InChI is InChI=1S/C17H24N4O4/c1-3-25-17(24)12-19-16(23)11-18-15(22)10-9-13(2)20-21-14-7-5-4-6-8-14/h4-8,21H,3,9-12H2,1-2H3,(H,18,22)(H,19,23). The average Bonchev–Trinajstić information content (AvgIpc) is 2.62. The van der Waals surface area contributed by atoms with Crippen LogP contribution >= 0.6 is 0 Å². The molecule has 0 heterocycles. The number of hydrazone groups is 1. The number of carbonyl (C=O) groups is 3. The summed E-state index contributed by atoms with van der Waals surface area (Å²) in [5.41, 5.74) is 4.54. The normalized spacial score (nSPS) is 10.7. The highest BCUT2D eigenvalue weighted by atomic mass is 16.5. The van der Waals surface area contributed by atoms with Gasteiger partial charge < -0.3 is 15.4 Å². The Labute approximate surface area is 147 Å². The van der Waals surface area contributed by atoms with E-state index in [4.69, 9.17) is 0 Å². The minimum Gasteiger partial charge on any atom is -0.465 e. The second kappa shape index (κ2) is 11.6. The lowest BCUT2D eigenvalue weighted by molar-refractivity contribution is -0.143. The van der Waals surface area contributed by atoms with Crippen molar-refractivity contribution in [3.63, 3.8) is 0 Å². The Kier molecular flexibility index (Phi) is 9.35. The first-order valence-corrected chi connectivity index (χ1v) is 8.04. The van der Waals surface area contributed by atoms with Gasteiger partial charge in [-0.3, -0.25) is 19.8 Å². The van der Waals surface area contributed by atoms with Crippen molar-refractivity contribution in [3.05, 3.63) is 30.3 Å². The Balaban J connectivity index is 2.19. The molecule has 8 nitrogen and oxygen atoms in total. The molecule has 2 amide bonds.